The molecule has 0 aliphatic carbocycles. The van der Waals surface area contributed by atoms with E-state index < -0.39 is 0 Å². The number of anilines is 1. The van der Waals surface area contributed by atoms with Crippen molar-refractivity contribution in [1.29, 1.82) is 0 Å². The van der Waals surface area contributed by atoms with Gasteiger partial charge in [-0.2, -0.15) is 0 Å². The Labute approximate surface area is 121 Å². The van der Waals surface area contributed by atoms with Crippen molar-refractivity contribution in [1.82, 2.24) is 5.32 Å². The fourth-order valence-corrected chi connectivity index (χ4v) is 2.81. The van der Waals surface area contributed by atoms with Gasteiger partial charge < -0.3 is 15.0 Å². The summed E-state index contributed by atoms with van der Waals surface area (Å²) in [6.07, 6.45) is 2.23. The van der Waals surface area contributed by atoms with Gasteiger partial charge in [0.2, 0.25) is 0 Å². The summed E-state index contributed by atoms with van der Waals surface area (Å²) in [6, 6.07) is 5.71. The number of hydrogen-bond donors (Lipinski definition) is 1. The van der Waals surface area contributed by atoms with E-state index >= 15 is 0 Å². The number of nitrogens with one attached hydrogen (secondary N) is 1. The van der Waals surface area contributed by atoms with Crippen LogP contribution in [0.2, 0.25) is 0 Å². The maximum atomic E-state index is 13.8. The largest absolute Gasteiger partial charge is 0.494 e. The normalized spacial score (nSPS) is 20.1. The SMILES string of the molecule is COc1ccc(N2CCCNC(CC(C)C)C2)cc1F. The van der Waals surface area contributed by atoms with Crippen LogP contribution in [-0.2, 0) is 0 Å². The van der Waals surface area contributed by atoms with Gasteiger partial charge in [0.15, 0.2) is 11.6 Å². The van der Waals surface area contributed by atoms with Gasteiger partial charge in [-0.05, 0) is 37.4 Å². The highest BCUT2D eigenvalue weighted by atomic mass is 19.1. The van der Waals surface area contributed by atoms with Crippen LogP contribution in [0.15, 0.2) is 18.2 Å². The lowest BCUT2D eigenvalue weighted by Gasteiger charge is -2.27. The Morgan fingerprint density at radius 1 is 1.45 bits per heavy atom. The molecule has 0 amide bonds. The van der Waals surface area contributed by atoms with Crippen LogP contribution in [0, 0.1) is 11.7 Å². The van der Waals surface area contributed by atoms with E-state index in [4.69, 9.17) is 4.74 Å². The maximum absolute atomic E-state index is 13.8. The molecule has 1 atom stereocenters. The zero-order chi connectivity index (χ0) is 14.5. The number of halogens is 1. The van der Waals surface area contributed by atoms with Crippen molar-refractivity contribution in [3.05, 3.63) is 24.0 Å². The molecule has 1 aliphatic heterocycles. The second-order valence-electron chi connectivity index (χ2n) is 5.90. The van der Waals surface area contributed by atoms with Crippen LogP contribution in [0.25, 0.3) is 0 Å². The van der Waals surface area contributed by atoms with Crippen LogP contribution in [0.5, 0.6) is 5.75 Å². The Hall–Kier alpha value is -1.29. The highest BCUT2D eigenvalue weighted by Gasteiger charge is 2.19. The van der Waals surface area contributed by atoms with Crippen LogP contribution in [0.1, 0.15) is 26.7 Å². The van der Waals surface area contributed by atoms with Crippen molar-refractivity contribution < 1.29 is 9.13 Å². The van der Waals surface area contributed by atoms with Gasteiger partial charge in [-0.15, -0.1) is 0 Å². The molecule has 1 saturated heterocycles. The molecular weight excluding hydrogens is 255 g/mol. The molecular formula is C16H25FN2O. The van der Waals surface area contributed by atoms with Crippen LogP contribution < -0.4 is 15.0 Å². The van der Waals surface area contributed by atoms with Crippen molar-refractivity contribution in [2.75, 3.05) is 31.6 Å². The van der Waals surface area contributed by atoms with Gasteiger partial charge in [-0.25, -0.2) is 4.39 Å². The van der Waals surface area contributed by atoms with Gasteiger partial charge in [0.05, 0.1) is 7.11 Å². The first-order chi connectivity index (χ1) is 9.60. The maximum Gasteiger partial charge on any atom is 0.167 e. The molecule has 0 radical (unpaired) electrons. The van der Waals surface area contributed by atoms with Crippen molar-refractivity contribution in [2.24, 2.45) is 5.92 Å². The highest BCUT2D eigenvalue weighted by Crippen LogP contribution is 2.25. The topological polar surface area (TPSA) is 24.5 Å². The van der Waals surface area contributed by atoms with Crippen molar-refractivity contribution >= 4 is 5.69 Å². The summed E-state index contributed by atoms with van der Waals surface area (Å²) in [5, 5.41) is 3.59. The summed E-state index contributed by atoms with van der Waals surface area (Å²) in [4.78, 5) is 2.27. The fraction of sp³-hybridized carbons (Fsp3) is 0.625. The van der Waals surface area contributed by atoms with Gasteiger partial charge in [-0.3, -0.25) is 0 Å². The molecule has 1 aliphatic rings. The number of benzene rings is 1. The monoisotopic (exact) mass is 280 g/mol. The predicted molar refractivity (Wildman–Crippen MR) is 81.0 cm³/mol. The van der Waals surface area contributed by atoms with E-state index in [1.54, 1.807) is 12.1 Å². The van der Waals surface area contributed by atoms with Crippen LogP contribution in [0.3, 0.4) is 0 Å². The number of nitrogens with zero attached hydrogens (tertiary/aromatic N) is 1. The van der Waals surface area contributed by atoms with Crippen molar-refractivity contribution in [2.45, 2.75) is 32.7 Å². The first-order valence-corrected chi connectivity index (χ1v) is 7.42. The Morgan fingerprint density at radius 3 is 2.90 bits per heavy atom. The molecule has 3 nitrogen and oxygen atoms in total. The van der Waals surface area contributed by atoms with Gasteiger partial charge >= 0.3 is 0 Å². The van der Waals surface area contributed by atoms with Gasteiger partial charge in [0.25, 0.3) is 0 Å². The standard InChI is InChI=1S/C16H25FN2O/c1-12(2)9-13-11-19(8-4-7-18-13)14-5-6-16(20-3)15(17)10-14/h5-6,10,12-13,18H,4,7-9,11H2,1-3H3. The molecule has 0 saturated carbocycles. The molecule has 1 aromatic rings. The second-order valence-corrected chi connectivity index (χ2v) is 5.90. The lowest BCUT2D eigenvalue weighted by Crippen LogP contribution is -2.38. The Balaban J connectivity index is 2.11. The Morgan fingerprint density at radius 2 is 2.25 bits per heavy atom. The molecule has 1 N–H and O–H groups in total. The van der Waals surface area contributed by atoms with E-state index in [1.165, 1.54) is 7.11 Å². The minimum Gasteiger partial charge on any atom is -0.494 e. The summed E-state index contributed by atoms with van der Waals surface area (Å²) >= 11 is 0. The minimum absolute atomic E-state index is 0.289. The smallest absolute Gasteiger partial charge is 0.167 e. The first kappa shape index (κ1) is 15.1. The molecule has 1 heterocycles. The predicted octanol–water partition coefficient (Wildman–Crippen LogP) is 3.05. The third-order valence-corrected chi connectivity index (χ3v) is 3.74. The molecule has 0 bridgehead atoms. The van der Waals surface area contributed by atoms with Crippen LogP contribution in [0.4, 0.5) is 10.1 Å². The van der Waals surface area contributed by atoms with Gasteiger partial charge in [0.1, 0.15) is 0 Å². The van der Waals surface area contributed by atoms with Crippen LogP contribution in [-0.4, -0.2) is 32.8 Å². The van der Waals surface area contributed by atoms with E-state index in [0.29, 0.717) is 17.7 Å². The van der Waals surface area contributed by atoms with E-state index in [9.17, 15) is 4.39 Å². The third kappa shape index (κ3) is 3.85. The first-order valence-electron chi connectivity index (χ1n) is 7.42. The zero-order valence-electron chi connectivity index (χ0n) is 12.7. The molecule has 20 heavy (non-hydrogen) atoms. The molecule has 1 fully saturated rings. The quantitative estimate of drug-likeness (QED) is 0.917. The van der Waals surface area contributed by atoms with E-state index in [2.05, 4.69) is 24.1 Å². The Kier molecular flexibility index (Phi) is 5.24. The average molecular weight is 280 g/mol. The van der Waals surface area contributed by atoms with Gasteiger partial charge in [-0.1, -0.05) is 13.8 Å². The van der Waals surface area contributed by atoms with E-state index in [0.717, 1.165) is 38.2 Å². The summed E-state index contributed by atoms with van der Waals surface area (Å²) in [5.41, 5.74) is 0.945. The summed E-state index contributed by atoms with van der Waals surface area (Å²) in [7, 11) is 1.49. The summed E-state index contributed by atoms with van der Waals surface area (Å²) in [5.74, 6) is 0.683. The Bertz CT molecular complexity index is 436. The summed E-state index contributed by atoms with van der Waals surface area (Å²) < 4.78 is 18.8. The highest BCUT2D eigenvalue weighted by molar-refractivity contribution is 5.50. The number of methoxy groups -OCH3 is 1. The lowest BCUT2D eigenvalue weighted by atomic mass is 10.0. The molecule has 2 rings (SSSR count). The zero-order valence-corrected chi connectivity index (χ0v) is 12.7. The number of rotatable bonds is 4. The average Bonchev–Trinajstić information content (AvgIpc) is 2.63. The number of hydrogen-bond acceptors (Lipinski definition) is 3. The van der Waals surface area contributed by atoms with Crippen LogP contribution >= 0.6 is 0 Å². The molecule has 0 spiro atoms. The molecule has 0 aromatic heterocycles. The molecule has 1 aromatic carbocycles. The van der Waals surface area contributed by atoms with Gasteiger partial charge in [0, 0.05) is 30.9 Å². The molecule has 1 unspecified atom stereocenters. The van der Waals surface area contributed by atoms with Crippen molar-refractivity contribution in [3.8, 4) is 5.75 Å². The third-order valence-electron chi connectivity index (χ3n) is 3.74. The van der Waals surface area contributed by atoms with E-state index in [1.807, 2.05) is 6.07 Å². The summed E-state index contributed by atoms with van der Waals surface area (Å²) in [6.45, 7) is 7.41. The molecule has 4 heteroatoms. The van der Waals surface area contributed by atoms with Crippen molar-refractivity contribution in [3.63, 3.8) is 0 Å². The second kappa shape index (κ2) is 6.93. The lowest BCUT2D eigenvalue weighted by molar-refractivity contribution is 0.386. The van der Waals surface area contributed by atoms with E-state index in [-0.39, 0.29) is 5.82 Å². The molecule has 112 valence electrons. The number of ether oxygens (including phenoxy) is 1. The minimum atomic E-state index is -0.289. The fourth-order valence-electron chi connectivity index (χ4n) is 2.81.